The fourth-order valence-corrected chi connectivity index (χ4v) is 1.36. The molecule has 1 aromatic rings. The van der Waals surface area contributed by atoms with Crippen molar-refractivity contribution in [3.05, 3.63) is 35.4 Å². The van der Waals surface area contributed by atoms with Crippen LogP contribution in [0.2, 0.25) is 0 Å². The zero-order valence-corrected chi connectivity index (χ0v) is 8.79. The van der Waals surface area contributed by atoms with E-state index in [9.17, 15) is 18.3 Å². The maximum Gasteiger partial charge on any atom is 0.416 e. The molecule has 90 valence electrons. The number of halogens is 3. The van der Waals surface area contributed by atoms with Crippen molar-refractivity contribution < 1.29 is 23.0 Å². The summed E-state index contributed by atoms with van der Waals surface area (Å²) in [5.41, 5.74) is -0.967. The van der Waals surface area contributed by atoms with Crippen LogP contribution < -0.4 is 0 Å². The minimum atomic E-state index is -4.45. The molecule has 1 rings (SSSR count). The summed E-state index contributed by atoms with van der Waals surface area (Å²) in [6, 6.07) is 4.95. The Morgan fingerprint density at radius 2 is 1.94 bits per heavy atom. The molecule has 0 saturated carbocycles. The Morgan fingerprint density at radius 1 is 1.31 bits per heavy atom. The summed E-state index contributed by atoms with van der Waals surface area (Å²) in [5.74, 6) is 0. The van der Waals surface area contributed by atoms with Crippen LogP contribution >= 0.6 is 0 Å². The molecule has 1 unspecified atom stereocenters. The van der Waals surface area contributed by atoms with E-state index in [0.29, 0.717) is 6.61 Å². The highest BCUT2D eigenvalue weighted by molar-refractivity contribution is 5.31. The van der Waals surface area contributed by atoms with Gasteiger partial charge in [0, 0.05) is 6.61 Å². The van der Waals surface area contributed by atoms with Gasteiger partial charge >= 0.3 is 6.18 Å². The molecule has 0 spiro atoms. The van der Waals surface area contributed by atoms with Crippen LogP contribution in [0.15, 0.2) is 24.3 Å². The van der Waals surface area contributed by atoms with Gasteiger partial charge in [0.15, 0.2) is 0 Å². The molecule has 0 aromatic heterocycles. The van der Waals surface area contributed by atoms with E-state index in [4.69, 9.17) is 4.74 Å². The van der Waals surface area contributed by atoms with Crippen LogP contribution in [-0.2, 0) is 10.9 Å². The number of alkyl halides is 3. The summed E-state index contributed by atoms with van der Waals surface area (Å²) in [6.45, 7) is 1.93. The Hall–Kier alpha value is -1.07. The third-order valence-electron chi connectivity index (χ3n) is 2.11. The Kier molecular flexibility index (Phi) is 4.32. The lowest BCUT2D eigenvalue weighted by molar-refractivity contribution is -0.139. The lowest BCUT2D eigenvalue weighted by atomic mass is 10.0. The highest BCUT2D eigenvalue weighted by Crippen LogP contribution is 2.34. The topological polar surface area (TPSA) is 29.5 Å². The molecule has 0 saturated heterocycles. The summed E-state index contributed by atoms with van der Waals surface area (Å²) < 4.78 is 42.6. The molecule has 0 fully saturated rings. The van der Waals surface area contributed by atoms with Gasteiger partial charge in [0.1, 0.15) is 6.10 Å². The Morgan fingerprint density at radius 3 is 2.50 bits per heavy atom. The predicted octanol–water partition coefficient (Wildman–Crippen LogP) is 2.78. The highest BCUT2D eigenvalue weighted by Gasteiger charge is 2.34. The number of aliphatic hydroxyl groups excluding tert-OH is 1. The second-order valence-electron chi connectivity index (χ2n) is 3.26. The average Bonchev–Trinajstić information content (AvgIpc) is 2.24. The van der Waals surface area contributed by atoms with E-state index in [1.807, 2.05) is 0 Å². The SMILES string of the molecule is CCOCC(O)c1ccccc1C(F)(F)F. The number of aliphatic hydroxyl groups is 1. The molecule has 1 N–H and O–H groups in total. The molecular weight excluding hydrogens is 221 g/mol. The first-order valence-electron chi connectivity index (χ1n) is 4.88. The van der Waals surface area contributed by atoms with Gasteiger partial charge in [-0.2, -0.15) is 13.2 Å². The number of benzene rings is 1. The quantitative estimate of drug-likeness (QED) is 0.868. The summed E-state index contributed by atoms with van der Waals surface area (Å²) >= 11 is 0. The van der Waals surface area contributed by atoms with Gasteiger partial charge in [0.25, 0.3) is 0 Å². The molecule has 0 aliphatic carbocycles. The first kappa shape index (κ1) is 13.0. The fourth-order valence-electron chi connectivity index (χ4n) is 1.36. The van der Waals surface area contributed by atoms with Crippen molar-refractivity contribution in [3.63, 3.8) is 0 Å². The molecule has 0 amide bonds. The number of ether oxygens (including phenoxy) is 1. The summed E-state index contributed by atoms with van der Waals surface area (Å²) in [6.07, 6.45) is -5.71. The molecule has 0 radical (unpaired) electrons. The van der Waals surface area contributed by atoms with Gasteiger partial charge in [-0.1, -0.05) is 18.2 Å². The fraction of sp³-hybridized carbons (Fsp3) is 0.455. The van der Waals surface area contributed by atoms with E-state index in [1.54, 1.807) is 6.92 Å². The summed E-state index contributed by atoms with van der Waals surface area (Å²) in [5, 5.41) is 9.57. The van der Waals surface area contributed by atoms with Crippen LogP contribution in [0.5, 0.6) is 0 Å². The molecule has 16 heavy (non-hydrogen) atoms. The van der Waals surface area contributed by atoms with Gasteiger partial charge in [0.05, 0.1) is 12.2 Å². The Balaban J connectivity index is 2.94. The first-order valence-corrected chi connectivity index (χ1v) is 4.88. The van der Waals surface area contributed by atoms with Crippen molar-refractivity contribution in [1.82, 2.24) is 0 Å². The standard InChI is InChI=1S/C11H13F3O2/c1-2-16-7-10(15)8-5-3-4-6-9(8)11(12,13)14/h3-6,10,15H,2,7H2,1H3. The lowest BCUT2D eigenvalue weighted by Crippen LogP contribution is -2.15. The molecular formula is C11H13F3O2. The predicted molar refractivity (Wildman–Crippen MR) is 52.9 cm³/mol. The van der Waals surface area contributed by atoms with Gasteiger partial charge in [0.2, 0.25) is 0 Å². The second kappa shape index (κ2) is 5.32. The van der Waals surface area contributed by atoms with Crippen LogP contribution in [0.4, 0.5) is 13.2 Å². The summed E-state index contributed by atoms with van der Waals surface area (Å²) in [7, 11) is 0. The largest absolute Gasteiger partial charge is 0.416 e. The average molecular weight is 234 g/mol. The van der Waals surface area contributed by atoms with E-state index < -0.39 is 17.8 Å². The van der Waals surface area contributed by atoms with Crippen LogP contribution in [0.25, 0.3) is 0 Å². The Bertz CT molecular complexity index is 336. The van der Waals surface area contributed by atoms with Crippen LogP contribution in [0.1, 0.15) is 24.2 Å². The molecule has 5 heteroatoms. The summed E-state index contributed by atoms with van der Waals surface area (Å²) in [4.78, 5) is 0. The van der Waals surface area contributed by atoms with E-state index in [0.717, 1.165) is 6.07 Å². The van der Waals surface area contributed by atoms with Crippen LogP contribution in [0, 0.1) is 0 Å². The number of hydrogen-bond donors (Lipinski definition) is 1. The van der Waals surface area contributed by atoms with Crippen molar-refractivity contribution >= 4 is 0 Å². The van der Waals surface area contributed by atoms with E-state index in [2.05, 4.69) is 0 Å². The third-order valence-corrected chi connectivity index (χ3v) is 2.11. The van der Waals surface area contributed by atoms with Gasteiger partial charge in [-0.15, -0.1) is 0 Å². The maximum atomic E-state index is 12.6. The lowest BCUT2D eigenvalue weighted by Gasteiger charge is -2.17. The molecule has 2 nitrogen and oxygen atoms in total. The van der Waals surface area contributed by atoms with Gasteiger partial charge in [-0.25, -0.2) is 0 Å². The first-order chi connectivity index (χ1) is 7.46. The van der Waals surface area contributed by atoms with Crippen molar-refractivity contribution in [1.29, 1.82) is 0 Å². The van der Waals surface area contributed by atoms with Gasteiger partial charge in [-0.3, -0.25) is 0 Å². The van der Waals surface area contributed by atoms with Crippen molar-refractivity contribution in [2.75, 3.05) is 13.2 Å². The van der Waals surface area contributed by atoms with E-state index in [1.165, 1.54) is 18.2 Å². The molecule has 1 aromatic carbocycles. The third kappa shape index (κ3) is 3.21. The highest BCUT2D eigenvalue weighted by atomic mass is 19.4. The zero-order chi connectivity index (χ0) is 12.2. The monoisotopic (exact) mass is 234 g/mol. The van der Waals surface area contributed by atoms with Crippen molar-refractivity contribution in [2.24, 2.45) is 0 Å². The minimum absolute atomic E-state index is 0.135. The molecule has 0 aliphatic heterocycles. The minimum Gasteiger partial charge on any atom is -0.386 e. The maximum absolute atomic E-state index is 12.6. The van der Waals surface area contributed by atoms with E-state index in [-0.39, 0.29) is 12.2 Å². The second-order valence-corrected chi connectivity index (χ2v) is 3.26. The number of hydrogen-bond acceptors (Lipinski definition) is 2. The van der Waals surface area contributed by atoms with Gasteiger partial charge < -0.3 is 9.84 Å². The van der Waals surface area contributed by atoms with Crippen LogP contribution in [0.3, 0.4) is 0 Å². The van der Waals surface area contributed by atoms with Crippen molar-refractivity contribution in [3.8, 4) is 0 Å². The van der Waals surface area contributed by atoms with E-state index >= 15 is 0 Å². The molecule has 0 bridgehead atoms. The Labute approximate surface area is 91.7 Å². The smallest absolute Gasteiger partial charge is 0.386 e. The number of rotatable bonds is 4. The molecule has 1 atom stereocenters. The van der Waals surface area contributed by atoms with Crippen molar-refractivity contribution in [2.45, 2.75) is 19.2 Å². The van der Waals surface area contributed by atoms with Crippen LogP contribution in [-0.4, -0.2) is 18.3 Å². The molecule has 0 aliphatic rings. The molecule has 0 heterocycles. The normalized spacial score (nSPS) is 13.8. The zero-order valence-electron chi connectivity index (χ0n) is 8.79. The van der Waals surface area contributed by atoms with Gasteiger partial charge in [-0.05, 0) is 18.6 Å².